The van der Waals surface area contributed by atoms with Crippen LogP contribution in [0.1, 0.15) is 20.1 Å². The normalized spacial score (nSPS) is 29.6. The molecule has 2 unspecified atom stereocenters. The highest BCUT2D eigenvalue weighted by atomic mass is 19.1. The first-order valence-electron chi connectivity index (χ1n) is 6.57. The quantitative estimate of drug-likeness (QED) is 0.658. The van der Waals surface area contributed by atoms with Gasteiger partial charge in [-0.25, -0.2) is 4.98 Å². The molecule has 8 nitrogen and oxygen atoms in total. The molecule has 3 heterocycles. The SMILES string of the molecule is CC(C)[C@H]1O[C@@H](n2cnc3c(N)nc(F)nc32)C(O)C1O. The summed E-state index contributed by atoms with van der Waals surface area (Å²) in [6.45, 7) is 3.74. The molecule has 2 aromatic rings. The fraction of sp³-hybridized carbons (Fsp3) is 0.583. The first-order chi connectivity index (χ1) is 9.90. The van der Waals surface area contributed by atoms with E-state index in [-0.39, 0.29) is 22.9 Å². The minimum atomic E-state index is -1.17. The van der Waals surface area contributed by atoms with Gasteiger partial charge in [-0.2, -0.15) is 14.4 Å². The third-order valence-corrected chi connectivity index (χ3v) is 3.63. The third kappa shape index (κ3) is 2.13. The number of aromatic nitrogens is 4. The first kappa shape index (κ1) is 14.1. The largest absolute Gasteiger partial charge is 0.388 e. The smallest absolute Gasteiger partial charge is 0.312 e. The summed E-state index contributed by atoms with van der Waals surface area (Å²) in [7, 11) is 0. The molecule has 4 N–H and O–H groups in total. The van der Waals surface area contributed by atoms with Crippen molar-refractivity contribution in [3.05, 3.63) is 12.4 Å². The zero-order valence-corrected chi connectivity index (χ0v) is 11.5. The van der Waals surface area contributed by atoms with Crippen molar-refractivity contribution < 1.29 is 19.3 Å². The van der Waals surface area contributed by atoms with E-state index in [0.717, 1.165) is 0 Å². The number of nitrogens with zero attached hydrogens (tertiary/aromatic N) is 4. The summed E-state index contributed by atoms with van der Waals surface area (Å²) in [5.74, 6) is -0.0874. The minimum Gasteiger partial charge on any atom is -0.388 e. The molecule has 0 bridgehead atoms. The van der Waals surface area contributed by atoms with Crippen LogP contribution in [0.5, 0.6) is 0 Å². The highest BCUT2D eigenvalue weighted by molar-refractivity contribution is 5.81. The zero-order chi connectivity index (χ0) is 15.3. The molecule has 0 amide bonds. The number of nitrogen functional groups attached to an aromatic ring is 1. The fourth-order valence-electron chi connectivity index (χ4n) is 2.56. The number of imidazole rings is 1. The van der Waals surface area contributed by atoms with E-state index in [4.69, 9.17) is 10.5 Å². The van der Waals surface area contributed by atoms with Crippen molar-refractivity contribution in [2.24, 2.45) is 5.92 Å². The Kier molecular flexibility index (Phi) is 3.27. The van der Waals surface area contributed by atoms with Gasteiger partial charge in [0.25, 0.3) is 0 Å². The standard InChI is InChI=1S/C12H16FN5O3/c1-4(2)8-6(19)7(20)11(21-8)18-3-15-5-9(14)16-12(13)17-10(5)18/h3-4,6-8,11,19-20H,1-2H3,(H2,14,16,17)/t6?,7?,8-,11-/m1/s1. The number of hydrogen-bond acceptors (Lipinski definition) is 7. The summed E-state index contributed by atoms with van der Waals surface area (Å²) in [5.41, 5.74) is 5.92. The summed E-state index contributed by atoms with van der Waals surface area (Å²) < 4.78 is 20.4. The molecule has 4 atom stereocenters. The lowest BCUT2D eigenvalue weighted by Gasteiger charge is -2.18. The van der Waals surface area contributed by atoms with Crippen molar-refractivity contribution in [2.45, 2.75) is 38.4 Å². The molecule has 2 aromatic heterocycles. The number of ether oxygens (including phenoxy) is 1. The van der Waals surface area contributed by atoms with E-state index in [9.17, 15) is 14.6 Å². The molecule has 9 heteroatoms. The van der Waals surface area contributed by atoms with Gasteiger partial charge in [0.1, 0.15) is 12.2 Å². The topological polar surface area (TPSA) is 119 Å². The van der Waals surface area contributed by atoms with E-state index in [2.05, 4.69) is 15.0 Å². The van der Waals surface area contributed by atoms with Crippen LogP contribution in [0.25, 0.3) is 11.2 Å². The number of hydrogen-bond donors (Lipinski definition) is 3. The predicted molar refractivity (Wildman–Crippen MR) is 70.5 cm³/mol. The second-order valence-electron chi connectivity index (χ2n) is 5.42. The van der Waals surface area contributed by atoms with Gasteiger partial charge in [0.2, 0.25) is 0 Å². The minimum absolute atomic E-state index is 0.00543. The molecule has 1 fully saturated rings. The third-order valence-electron chi connectivity index (χ3n) is 3.63. The first-order valence-corrected chi connectivity index (χ1v) is 6.57. The van der Waals surface area contributed by atoms with Gasteiger partial charge in [0.05, 0.1) is 12.4 Å². The molecule has 0 saturated carbocycles. The molecule has 114 valence electrons. The highest BCUT2D eigenvalue weighted by Crippen LogP contribution is 2.34. The van der Waals surface area contributed by atoms with E-state index in [1.807, 2.05) is 13.8 Å². The van der Waals surface area contributed by atoms with Crippen LogP contribution in [0.2, 0.25) is 0 Å². The molecule has 21 heavy (non-hydrogen) atoms. The number of aliphatic hydroxyl groups excluding tert-OH is 2. The van der Waals surface area contributed by atoms with Gasteiger partial charge >= 0.3 is 6.08 Å². The van der Waals surface area contributed by atoms with Gasteiger partial charge in [-0.05, 0) is 5.92 Å². The number of halogens is 1. The van der Waals surface area contributed by atoms with E-state index in [0.29, 0.717) is 0 Å². The van der Waals surface area contributed by atoms with Crippen LogP contribution < -0.4 is 5.73 Å². The number of nitrogens with two attached hydrogens (primary N) is 1. The summed E-state index contributed by atoms with van der Waals surface area (Å²) in [5, 5.41) is 20.2. The Balaban J connectivity index is 2.05. The van der Waals surface area contributed by atoms with Gasteiger partial charge < -0.3 is 20.7 Å². The molecule has 0 aliphatic carbocycles. The van der Waals surface area contributed by atoms with Crippen LogP contribution in [-0.2, 0) is 4.74 Å². The van der Waals surface area contributed by atoms with Crippen LogP contribution in [-0.4, -0.2) is 48.0 Å². The average molecular weight is 297 g/mol. The molecule has 1 saturated heterocycles. The molecule has 1 aliphatic rings. The van der Waals surface area contributed by atoms with Crippen molar-refractivity contribution in [2.75, 3.05) is 5.73 Å². The summed E-state index contributed by atoms with van der Waals surface area (Å²) in [6.07, 6.45) is -3.32. The second-order valence-corrected chi connectivity index (χ2v) is 5.42. The Hall–Kier alpha value is -1.84. The van der Waals surface area contributed by atoms with Crippen molar-refractivity contribution >= 4 is 17.0 Å². The van der Waals surface area contributed by atoms with Crippen LogP contribution in [0.3, 0.4) is 0 Å². The Morgan fingerprint density at radius 3 is 2.67 bits per heavy atom. The lowest BCUT2D eigenvalue weighted by molar-refractivity contribution is -0.0493. The number of aliphatic hydroxyl groups is 2. The summed E-state index contributed by atoms with van der Waals surface area (Å²) >= 11 is 0. The lowest BCUT2D eigenvalue weighted by atomic mass is 10.0. The second kappa shape index (κ2) is 4.86. The molecule has 0 aromatic carbocycles. The van der Waals surface area contributed by atoms with Gasteiger partial charge in [-0.1, -0.05) is 13.8 Å². The lowest BCUT2D eigenvalue weighted by Crippen LogP contribution is -2.33. The maximum absolute atomic E-state index is 13.3. The van der Waals surface area contributed by atoms with Crippen molar-refractivity contribution in [1.82, 2.24) is 19.5 Å². The number of rotatable bonds is 2. The van der Waals surface area contributed by atoms with Crippen molar-refractivity contribution in [3.8, 4) is 0 Å². The maximum atomic E-state index is 13.3. The Bertz CT molecular complexity index is 676. The van der Waals surface area contributed by atoms with Gasteiger partial charge in [-0.3, -0.25) is 4.57 Å². The van der Waals surface area contributed by atoms with Crippen LogP contribution >= 0.6 is 0 Å². The van der Waals surface area contributed by atoms with E-state index < -0.39 is 30.6 Å². The van der Waals surface area contributed by atoms with Gasteiger partial charge in [0.15, 0.2) is 23.2 Å². The van der Waals surface area contributed by atoms with Gasteiger partial charge in [0, 0.05) is 0 Å². The predicted octanol–water partition coefficient (Wildman–Crippen LogP) is -0.177. The summed E-state index contributed by atoms with van der Waals surface area (Å²) in [4.78, 5) is 11.0. The van der Waals surface area contributed by atoms with E-state index in [1.54, 1.807) is 0 Å². The molecular formula is C12H16FN5O3. The van der Waals surface area contributed by atoms with Crippen LogP contribution in [0.4, 0.5) is 10.2 Å². The monoisotopic (exact) mass is 297 g/mol. The molecular weight excluding hydrogens is 281 g/mol. The van der Waals surface area contributed by atoms with Crippen molar-refractivity contribution in [3.63, 3.8) is 0 Å². The Labute approximate surface area is 119 Å². The van der Waals surface area contributed by atoms with Crippen LogP contribution in [0.15, 0.2) is 6.33 Å². The number of anilines is 1. The average Bonchev–Trinajstić information content (AvgIpc) is 2.93. The van der Waals surface area contributed by atoms with Crippen molar-refractivity contribution in [1.29, 1.82) is 0 Å². The molecule has 0 radical (unpaired) electrons. The van der Waals surface area contributed by atoms with E-state index in [1.165, 1.54) is 10.9 Å². The maximum Gasteiger partial charge on any atom is 0.312 e. The molecule has 3 rings (SSSR count). The van der Waals surface area contributed by atoms with Gasteiger partial charge in [-0.15, -0.1) is 0 Å². The fourth-order valence-corrected chi connectivity index (χ4v) is 2.56. The highest BCUT2D eigenvalue weighted by Gasteiger charge is 2.45. The summed E-state index contributed by atoms with van der Waals surface area (Å²) in [6, 6.07) is 0. The molecule has 0 spiro atoms. The Morgan fingerprint density at radius 1 is 1.33 bits per heavy atom. The molecule has 1 aliphatic heterocycles. The zero-order valence-electron chi connectivity index (χ0n) is 11.5. The van der Waals surface area contributed by atoms with E-state index >= 15 is 0 Å². The Morgan fingerprint density at radius 2 is 2.05 bits per heavy atom. The number of fused-ring (bicyclic) bond motifs is 1. The van der Waals surface area contributed by atoms with Crippen LogP contribution in [0, 0.1) is 12.0 Å².